The number of rotatable bonds is 3. The molecule has 1 aliphatic heterocycles. The molecule has 1 atom stereocenters. The molecule has 3 aromatic heterocycles. The normalized spacial score (nSPS) is 18.2. The van der Waals surface area contributed by atoms with Crippen molar-refractivity contribution in [1.29, 1.82) is 0 Å². The van der Waals surface area contributed by atoms with Crippen LogP contribution in [0.4, 0.5) is 0 Å². The van der Waals surface area contributed by atoms with Crippen molar-refractivity contribution in [2.75, 3.05) is 6.54 Å². The van der Waals surface area contributed by atoms with Crippen molar-refractivity contribution in [2.24, 2.45) is 0 Å². The van der Waals surface area contributed by atoms with E-state index >= 15 is 0 Å². The maximum atomic E-state index is 12.7. The smallest absolute Gasteiger partial charge is 0.228 e. The number of fused-ring (bicyclic) bond motifs is 1. The van der Waals surface area contributed by atoms with Crippen molar-refractivity contribution in [3.05, 3.63) is 58.7 Å². The Morgan fingerprint density at radius 3 is 3.14 bits per heavy atom. The van der Waals surface area contributed by atoms with E-state index in [9.17, 15) is 4.79 Å². The van der Waals surface area contributed by atoms with Crippen LogP contribution >= 0.6 is 11.3 Å². The average molecular weight is 311 g/mol. The summed E-state index contributed by atoms with van der Waals surface area (Å²) in [7, 11) is 0. The summed E-state index contributed by atoms with van der Waals surface area (Å²) in [4.78, 5) is 20.2. The van der Waals surface area contributed by atoms with Crippen molar-refractivity contribution in [3.8, 4) is 0 Å². The molecular weight excluding hydrogens is 294 g/mol. The fraction of sp³-hybridized carbons (Fsp3) is 0.294. The summed E-state index contributed by atoms with van der Waals surface area (Å²) in [5, 5.41) is 2.02. The first kappa shape index (κ1) is 13.5. The molecule has 0 aromatic carbocycles. The van der Waals surface area contributed by atoms with E-state index < -0.39 is 0 Å². The number of hydrogen-bond donors (Lipinski definition) is 0. The van der Waals surface area contributed by atoms with E-state index in [4.69, 9.17) is 0 Å². The molecule has 0 spiro atoms. The van der Waals surface area contributed by atoms with E-state index in [1.807, 2.05) is 46.9 Å². The Morgan fingerprint density at radius 1 is 1.32 bits per heavy atom. The highest BCUT2D eigenvalue weighted by Gasteiger charge is 2.31. The molecule has 22 heavy (non-hydrogen) atoms. The minimum absolute atomic E-state index is 0.158. The Labute approximate surface area is 133 Å². The summed E-state index contributed by atoms with van der Waals surface area (Å²) < 4.78 is 2.10. The highest BCUT2D eigenvalue weighted by Crippen LogP contribution is 2.32. The largest absolute Gasteiger partial charge is 0.334 e. The van der Waals surface area contributed by atoms with E-state index in [0.717, 1.165) is 35.6 Å². The predicted octanol–water partition coefficient (Wildman–Crippen LogP) is 3.30. The van der Waals surface area contributed by atoms with Gasteiger partial charge < -0.3 is 9.30 Å². The van der Waals surface area contributed by atoms with Crippen LogP contribution in [0.3, 0.4) is 0 Å². The molecular formula is C17H17N3OS. The maximum Gasteiger partial charge on any atom is 0.228 e. The number of thiophene rings is 1. The zero-order valence-corrected chi connectivity index (χ0v) is 13.0. The monoisotopic (exact) mass is 311 g/mol. The lowest BCUT2D eigenvalue weighted by atomic mass is 10.1. The number of pyridine rings is 1. The molecule has 1 saturated heterocycles. The molecule has 4 rings (SSSR count). The molecule has 4 nitrogen and oxygen atoms in total. The van der Waals surface area contributed by atoms with E-state index in [1.54, 1.807) is 11.3 Å². The van der Waals surface area contributed by atoms with Crippen LogP contribution < -0.4 is 0 Å². The molecule has 0 aliphatic carbocycles. The van der Waals surface area contributed by atoms with Crippen molar-refractivity contribution < 1.29 is 4.79 Å². The summed E-state index contributed by atoms with van der Waals surface area (Å²) in [5.74, 6) is 0.224. The number of amides is 1. The lowest BCUT2D eigenvalue weighted by molar-refractivity contribution is -0.131. The van der Waals surface area contributed by atoms with Gasteiger partial charge in [0.25, 0.3) is 0 Å². The Bertz CT molecular complexity index is 793. The lowest BCUT2D eigenvalue weighted by Gasteiger charge is -2.25. The van der Waals surface area contributed by atoms with E-state index in [0.29, 0.717) is 6.42 Å². The number of aromatic nitrogens is 2. The van der Waals surface area contributed by atoms with Gasteiger partial charge in [-0.3, -0.25) is 4.79 Å². The van der Waals surface area contributed by atoms with Gasteiger partial charge in [0.05, 0.1) is 12.5 Å². The standard InChI is InChI=1S/C17H17N3OS/c21-17(12-13-4-3-11-22-13)20-9-2-6-15(20)14-5-1-7-16-18-8-10-19(14)16/h1,3-5,7-8,10-11,15H,2,6,9,12H2/t15-/m0/s1. The molecule has 1 amide bonds. The molecule has 4 heterocycles. The SMILES string of the molecule is O=C(Cc1cccs1)N1CCC[C@H]1c1cccc2nccn12. The second-order valence-electron chi connectivity index (χ2n) is 5.61. The van der Waals surface area contributed by atoms with Gasteiger partial charge in [-0.2, -0.15) is 0 Å². The van der Waals surface area contributed by atoms with E-state index in [-0.39, 0.29) is 11.9 Å². The molecule has 1 fully saturated rings. The molecule has 3 aromatic rings. The fourth-order valence-corrected chi connectivity index (χ4v) is 3.97. The summed E-state index contributed by atoms with van der Waals surface area (Å²) in [6.45, 7) is 0.847. The van der Waals surface area contributed by atoms with Crippen LogP contribution in [0.25, 0.3) is 5.65 Å². The summed E-state index contributed by atoms with van der Waals surface area (Å²) in [6, 6.07) is 10.3. The van der Waals surface area contributed by atoms with Crippen LogP contribution in [0.5, 0.6) is 0 Å². The first-order valence-corrected chi connectivity index (χ1v) is 8.45. The molecule has 0 saturated carbocycles. The number of carbonyl (C=O) groups excluding carboxylic acids is 1. The summed E-state index contributed by atoms with van der Waals surface area (Å²) >= 11 is 1.65. The average Bonchev–Trinajstić information content (AvgIpc) is 3.27. The second kappa shape index (κ2) is 5.57. The van der Waals surface area contributed by atoms with Gasteiger partial charge in [0.2, 0.25) is 5.91 Å². The zero-order chi connectivity index (χ0) is 14.9. The van der Waals surface area contributed by atoms with Crippen LogP contribution in [0.1, 0.15) is 29.5 Å². The van der Waals surface area contributed by atoms with Crippen molar-refractivity contribution in [2.45, 2.75) is 25.3 Å². The lowest BCUT2D eigenvalue weighted by Crippen LogP contribution is -2.32. The summed E-state index contributed by atoms with van der Waals surface area (Å²) in [5.41, 5.74) is 2.10. The van der Waals surface area contributed by atoms with Crippen molar-refractivity contribution in [1.82, 2.24) is 14.3 Å². The maximum absolute atomic E-state index is 12.7. The van der Waals surface area contributed by atoms with Crippen LogP contribution in [-0.4, -0.2) is 26.7 Å². The van der Waals surface area contributed by atoms with Crippen LogP contribution in [-0.2, 0) is 11.2 Å². The van der Waals surface area contributed by atoms with Crippen LogP contribution in [0.2, 0.25) is 0 Å². The molecule has 0 N–H and O–H groups in total. The van der Waals surface area contributed by atoms with Crippen LogP contribution in [0.15, 0.2) is 48.1 Å². The number of hydrogen-bond acceptors (Lipinski definition) is 3. The Morgan fingerprint density at radius 2 is 2.27 bits per heavy atom. The molecule has 0 radical (unpaired) electrons. The van der Waals surface area contributed by atoms with Gasteiger partial charge in [-0.25, -0.2) is 4.98 Å². The molecule has 0 bridgehead atoms. The summed E-state index contributed by atoms with van der Waals surface area (Å²) in [6.07, 6.45) is 6.38. The van der Waals surface area contributed by atoms with Gasteiger partial charge in [0.15, 0.2) is 0 Å². The molecule has 5 heteroatoms. The fourth-order valence-electron chi connectivity index (χ4n) is 3.28. The van der Waals surface area contributed by atoms with Gasteiger partial charge in [0, 0.05) is 29.5 Å². The third-order valence-corrected chi connectivity index (χ3v) is 5.16. The number of likely N-dealkylation sites (tertiary alicyclic amines) is 1. The van der Waals surface area contributed by atoms with Crippen molar-refractivity contribution in [3.63, 3.8) is 0 Å². The number of carbonyl (C=O) groups is 1. The van der Waals surface area contributed by atoms with Gasteiger partial charge in [-0.1, -0.05) is 12.1 Å². The highest BCUT2D eigenvalue weighted by molar-refractivity contribution is 7.10. The minimum atomic E-state index is 0.158. The van der Waals surface area contributed by atoms with E-state index in [2.05, 4.69) is 15.5 Å². The quantitative estimate of drug-likeness (QED) is 0.744. The third-order valence-electron chi connectivity index (χ3n) is 4.28. The third kappa shape index (κ3) is 2.31. The van der Waals surface area contributed by atoms with Gasteiger partial charge in [-0.15, -0.1) is 11.3 Å². The van der Waals surface area contributed by atoms with Crippen molar-refractivity contribution >= 4 is 22.9 Å². The van der Waals surface area contributed by atoms with Gasteiger partial charge in [0.1, 0.15) is 5.65 Å². The first-order valence-electron chi connectivity index (χ1n) is 7.57. The number of imidazole rings is 1. The Hall–Kier alpha value is -2.14. The molecule has 0 unspecified atom stereocenters. The minimum Gasteiger partial charge on any atom is -0.334 e. The predicted molar refractivity (Wildman–Crippen MR) is 86.9 cm³/mol. The molecule has 112 valence electrons. The second-order valence-corrected chi connectivity index (χ2v) is 6.64. The van der Waals surface area contributed by atoms with Crippen LogP contribution in [0, 0.1) is 0 Å². The zero-order valence-electron chi connectivity index (χ0n) is 12.2. The topological polar surface area (TPSA) is 37.6 Å². The van der Waals surface area contributed by atoms with Gasteiger partial charge in [-0.05, 0) is 36.4 Å². The highest BCUT2D eigenvalue weighted by atomic mass is 32.1. The van der Waals surface area contributed by atoms with Gasteiger partial charge >= 0.3 is 0 Å². The first-order chi connectivity index (χ1) is 10.8. The number of nitrogens with zero attached hydrogens (tertiary/aromatic N) is 3. The Balaban J connectivity index is 1.63. The molecule has 1 aliphatic rings. The van der Waals surface area contributed by atoms with E-state index in [1.165, 1.54) is 0 Å². The Kier molecular flexibility index (Phi) is 3.42.